The maximum atomic E-state index is 12.8. The smallest absolute Gasteiger partial charge is 0.274 e. The summed E-state index contributed by atoms with van der Waals surface area (Å²) in [7, 11) is 3.39. The van der Waals surface area contributed by atoms with E-state index in [4.69, 9.17) is 4.74 Å². The zero-order valence-corrected chi connectivity index (χ0v) is 12.9. The highest BCUT2D eigenvalue weighted by Crippen LogP contribution is 2.36. The van der Waals surface area contributed by atoms with Gasteiger partial charge in [-0.1, -0.05) is 6.08 Å². The van der Waals surface area contributed by atoms with Crippen LogP contribution in [0.25, 0.3) is 0 Å². The van der Waals surface area contributed by atoms with Crippen molar-refractivity contribution in [2.45, 2.75) is 32.4 Å². The summed E-state index contributed by atoms with van der Waals surface area (Å²) in [5.41, 5.74) is 1.57. The summed E-state index contributed by atoms with van der Waals surface area (Å²) in [4.78, 5) is 30.7. The molecule has 3 rings (SSSR count). The lowest BCUT2D eigenvalue weighted by atomic mass is 9.97. The molecule has 0 N–H and O–H groups in total. The lowest BCUT2D eigenvalue weighted by Crippen LogP contribution is -2.65. The Morgan fingerprint density at radius 2 is 2.05 bits per heavy atom. The van der Waals surface area contributed by atoms with E-state index in [0.717, 1.165) is 5.70 Å². The molecule has 114 valence electrons. The van der Waals surface area contributed by atoms with E-state index < -0.39 is 0 Å². The van der Waals surface area contributed by atoms with Crippen LogP contribution in [0, 0.1) is 0 Å². The van der Waals surface area contributed by atoms with E-state index in [1.54, 1.807) is 16.9 Å². The summed E-state index contributed by atoms with van der Waals surface area (Å²) in [6, 6.07) is -0.282. The van der Waals surface area contributed by atoms with Gasteiger partial charge in [-0.2, -0.15) is 0 Å². The van der Waals surface area contributed by atoms with Crippen LogP contribution in [0.15, 0.2) is 23.2 Å². The molecule has 6 heteroatoms. The van der Waals surface area contributed by atoms with Crippen molar-refractivity contribution >= 4 is 11.8 Å². The number of allylic oxidation sites excluding steroid dienone is 1. The fraction of sp³-hybridized carbons (Fsp3) is 0.600. The number of carbonyl (C=O) groups excluding carboxylic acids is 2. The van der Waals surface area contributed by atoms with Gasteiger partial charge in [0.05, 0.1) is 20.2 Å². The standard InChI is InChI=1S/C15H21N3O3/c1-9(2)17-8-11-14(19)16(3)7-10-5-6-12(21-4)13(15(17)20)18(10)11/h5,9,11H,6-8H2,1-4H3. The molecule has 2 fully saturated rings. The van der Waals surface area contributed by atoms with Gasteiger partial charge in [-0.3, -0.25) is 9.59 Å². The Kier molecular flexibility index (Phi) is 3.19. The predicted molar refractivity (Wildman–Crippen MR) is 76.8 cm³/mol. The molecule has 0 aromatic rings. The van der Waals surface area contributed by atoms with Gasteiger partial charge >= 0.3 is 0 Å². The molecule has 0 spiro atoms. The predicted octanol–water partition coefficient (Wildman–Crippen LogP) is 0.525. The van der Waals surface area contributed by atoms with Gasteiger partial charge in [0.25, 0.3) is 5.91 Å². The topological polar surface area (TPSA) is 53.1 Å². The molecule has 0 aromatic carbocycles. The quantitative estimate of drug-likeness (QED) is 0.744. The van der Waals surface area contributed by atoms with Crippen LogP contribution in [-0.4, -0.2) is 65.8 Å². The van der Waals surface area contributed by atoms with Gasteiger partial charge in [0.1, 0.15) is 17.5 Å². The number of carbonyl (C=O) groups is 2. The van der Waals surface area contributed by atoms with Crippen LogP contribution in [0.4, 0.5) is 0 Å². The molecular weight excluding hydrogens is 270 g/mol. The van der Waals surface area contributed by atoms with Crippen molar-refractivity contribution in [1.82, 2.24) is 14.7 Å². The number of nitrogens with zero attached hydrogens (tertiary/aromatic N) is 3. The third kappa shape index (κ3) is 1.92. The number of methoxy groups -OCH3 is 1. The van der Waals surface area contributed by atoms with Crippen LogP contribution in [0.3, 0.4) is 0 Å². The third-order valence-electron chi connectivity index (χ3n) is 4.41. The number of likely N-dealkylation sites (N-methyl/N-ethyl adjacent to an activating group) is 1. The minimum atomic E-state index is -0.337. The van der Waals surface area contributed by atoms with Crippen molar-refractivity contribution in [3.63, 3.8) is 0 Å². The van der Waals surface area contributed by atoms with Crippen molar-refractivity contribution in [2.24, 2.45) is 0 Å². The summed E-state index contributed by atoms with van der Waals surface area (Å²) in [5.74, 6) is 0.664. The van der Waals surface area contributed by atoms with Crippen LogP contribution in [0.2, 0.25) is 0 Å². The summed E-state index contributed by atoms with van der Waals surface area (Å²) >= 11 is 0. The van der Waals surface area contributed by atoms with Gasteiger partial charge in [0, 0.05) is 25.2 Å². The van der Waals surface area contributed by atoms with E-state index in [-0.39, 0.29) is 23.9 Å². The van der Waals surface area contributed by atoms with E-state index in [9.17, 15) is 9.59 Å². The van der Waals surface area contributed by atoms with Gasteiger partial charge in [-0.15, -0.1) is 0 Å². The summed E-state index contributed by atoms with van der Waals surface area (Å²) in [6.45, 7) is 4.91. The normalized spacial score (nSPS) is 25.5. The molecule has 2 saturated heterocycles. The molecule has 1 atom stereocenters. The fourth-order valence-electron chi connectivity index (χ4n) is 3.28. The Labute approximate surface area is 124 Å². The SMILES string of the molecule is COC1=C2C(=O)N(C(C)C)CC3C(=O)N(C)CC(=CC1)N23. The number of amides is 2. The van der Waals surface area contributed by atoms with Crippen molar-refractivity contribution in [3.05, 3.63) is 23.2 Å². The first-order chi connectivity index (χ1) is 9.95. The largest absolute Gasteiger partial charge is 0.498 e. The number of piperazine rings is 2. The molecular formula is C15H21N3O3. The first kappa shape index (κ1) is 14.0. The summed E-state index contributed by atoms with van der Waals surface area (Å²) in [5, 5.41) is 0. The van der Waals surface area contributed by atoms with Crippen LogP contribution in [0.1, 0.15) is 20.3 Å². The molecule has 0 bridgehead atoms. The molecule has 3 aliphatic rings. The number of hydrogen-bond acceptors (Lipinski definition) is 4. The molecule has 2 amide bonds. The summed E-state index contributed by atoms with van der Waals surface area (Å²) < 4.78 is 5.41. The summed E-state index contributed by atoms with van der Waals surface area (Å²) in [6.07, 6.45) is 2.65. The van der Waals surface area contributed by atoms with Gasteiger partial charge in [-0.25, -0.2) is 0 Å². The number of rotatable bonds is 2. The molecule has 21 heavy (non-hydrogen) atoms. The Bertz CT molecular complexity index is 565. The van der Waals surface area contributed by atoms with Gasteiger partial charge in [0.2, 0.25) is 5.91 Å². The average molecular weight is 291 g/mol. The number of hydrogen-bond donors (Lipinski definition) is 0. The van der Waals surface area contributed by atoms with Gasteiger partial charge in [0.15, 0.2) is 0 Å². The van der Waals surface area contributed by atoms with Crippen molar-refractivity contribution in [2.75, 3.05) is 27.2 Å². The van der Waals surface area contributed by atoms with Crippen LogP contribution < -0.4 is 0 Å². The first-order valence-electron chi connectivity index (χ1n) is 7.27. The maximum Gasteiger partial charge on any atom is 0.274 e. The molecule has 0 aromatic heterocycles. The van der Waals surface area contributed by atoms with Crippen molar-refractivity contribution in [3.8, 4) is 0 Å². The Morgan fingerprint density at radius 3 is 2.67 bits per heavy atom. The number of ether oxygens (including phenoxy) is 1. The van der Waals surface area contributed by atoms with E-state index >= 15 is 0 Å². The van der Waals surface area contributed by atoms with Crippen LogP contribution in [0.5, 0.6) is 0 Å². The Hall–Kier alpha value is -1.98. The third-order valence-corrected chi connectivity index (χ3v) is 4.41. The average Bonchev–Trinajstić information content (AvgIpc) is 2.45. The molecule has 6 nitrogen and oxygen atoms in total. The second-order valence-electron chi connectivity index (χ2n) is 6.01. The van der Waals surface area contributed by atoms with Crippen LogP contribution in [-0.2, 0) is 14.3 Å². The van der Waals surface area contributed by atoms with E-state index in [1.165, 1.54) is 0 Å². The zero-order valence-electron chi connectivity index (χ0n) is 12.9. The molecule has 3 heterocycles. The Morgan fingerprint density at radius 1 is 1.33 bits per heavy atom. The lowest BCUT2D eigenvalue weighted by molar-refractivity contribution is -0.146. The lowest BCUT2D eigenvalue weighted by Gasteiger charge is -2.50. The molecule has 0 radical (unpaired) electrons. The second-order valence-corrected chi connectivity index (χ2v) is 6.01. The molecule has 1 unspecified atom stereocenters. The van der Waals surface area contributed by atoms with E-state index in [0.29, 0.717) is 31.0 Å². The fourth-order valence-corrected chi connectivity index (χ4v) is 3.28. The monoisotopic (exact) mass is 291 g/mol. The highest BCUT2D eigenvalue weighted by atomic mass is 16.5. The Balaban J connectivity index is 2.10. The maximum absolute atomic E-state index is 12.8. The van der Waals surface area contributed by atoms with Crippen LogP contribution >= 0.6 is 0 Å². The second kappa shape index (κ2) is 4.79. The molecule has 0 aliphatic carbocycles. The van der Waals surface area contributed by atoms with Gasteiger partial charge < -0.3 is 19.4 Å². The van der Waals surface area contributed by atoms with Gasteiger partial charge in [-0.05, 0) is 13.8 Å². The van der Waals surface area contributed by atoms with E-state index in [1.807, 2.05) is 25.8 Å². The highest BCUT2D eigenvalue weighted by molar-refractivity contribution is 5.98. The first-order valence-corrected chi connectivity index (χ1v) is 7.27. The minimum Gasteiger partial charge on any atom is -0.498 e. The van der Waals surface area contributed by atoms with Crippen molar-refractivity contribution in [1.29, 1.82) is 0 Å². The minimum absolute atomic E-state index is 0.0407. The highest BCUT2D eigenvalue weighted by Gasteiger charge is 2.48. The molecule has 3 aliphatic heterocycles. The van der Waals surface area contributed by atoms with Crippen molar-refractivity contribution < 1.29 is 14.3 Å². The van der Waals surface area contributed by atoms with E-state index in [2.05, 4.69) is 6.08 Å². The molecule has 0 saturated carbocycles. The zero-order chi connectivity index (χ0) is 15.3.